The van der Waals surface area contributed by atoms with Gasteiger partial charge >= 0.3 is 121 Å². The molecule has 1 aromatic carbocycles. The van der Waals surface area contributed by atoms with Crippen molar-refractivity contribution in [2.24, 2.45) is 5.92 Å². The SMILES string of the molecule is CC(C)c1ccc([C](=[Zr])C2CCCCC2)cc1. The van der Waals surface area contributed by atoms with Crippen LogP contribution in [0.2, 0.25) is 0 Å². The van der Waals surface area contributed by atoms with E-state index in [2.05, 4.69) is 38.1 Å². The molecule has 0 heterocycles. The van der Waals surface area contributed by atoms with Gasteiger partial charge in [-0.15, -0.1) is 0 Å². The fourth-order valence-electron chi connectivity index (χ4n) is 2.67. The number of hydrogen-bond donors (Lipinski definition) is 0. The van der Waals surface area contributed by atoms with Gasteiger partial charge in [0.1, 0.15) is 0 Å². The van der Waals surface area contributed by atoms with Gasteiger partial charge in [-0.3, -0.25) is 0 Å². The maximum absolute atomic E-state index is 2.34. The predicted octanol–water partition coefficient (Wildman–Crippen LogP) is 4.46. The Kier molecular flexibility index (Phi) is 4.91. The van der Waals surface area contributed by atoms with Gasteiger partial charge in [-0.2, -0.15) is 0 Å². The van der Waals surface area contributed by atoms with Crippen molar-refractivity contribution in [3.05, 3.63) is 35.4 Å². The standard InChI is InChI=1S/C16H22.Zr/c1-13(2)16-10-8-15(9-11-16)12-14-6-4-3-5-7-14;/h8-11,13-14H,3-7H2,1-2H3;. The number of rotatable bonds is 3. The molecule has 0 nitrogen and oxygen atoms in total. The molecular weight excluding hydrogens is 283 g/mol. The summed E-state index contributed by atoms with van der Waals surface area (Å²) in [5.41, 5.74) is 2.96. The Morgan fingerprint density at radius 3 is 2.18 bits per heavy atom. The van der Waals surface area contributed by atoms with Crippen molar-refractivity contribution >= 4 is 3.21 Å². The van der Waals surface area contributed by atoms with E-state index in [9.17, 15) is 0 Å². The quantitative estimate of drug-likeness (QED) is 0.773. The summed E-state index contributed by atoms with van der Waals surface area (Å²) in [6.07, 6.45) is 7.17. The summed E-state index contributed by atoms with van der Waals surface area (Å²) < 4.78 is 1.70. The molecule has 0 aliphatic heterocycles. The van der Waals surface area contributed by atoms with Gasteiger partial charge in [0, 0.05) is 0 Å². The van der Waals surface area contributed by atoms with E-state index < -0.39 is 0 Å². The zero-order chi connectivity index (χ0) is 12.3. The van der Waals surface area contributed by atoms with Crippen molar-refractivity contribution in [1.82, 2.24) is 0 Å². The third-order valence-corrected chi connectivity index (χ3v) is 5.61. The van der Waals surface area contributed by atoms with Crippen molar-refractivity contribution in [3.63, 3.8) is 0 Å². The molecule has 0 aromatic heterocycles. The summed E-state index contributed by atoms with van der Waals surface area (Å²) >= 11 is 1.62. The molecule has 1 aliphatic carbocycles. The second kappa shape index (κ2) is 6.23. The Morgan fingerprint density at radius 2 is 1.65 bits per heavy atom. The molecule has 0 saturated heterocycles. The van der Waals surface area contributed by atoms with Crippen LogP contribution in [0.4, 0.5) is 0 Å². The Morgan fingerprint density at radius 1 is 1.06 bits per heavy atom. The normalized spacial score (nSPS) is 17.3. The van der Waals surface area contributed by atoms with Crippen LogP contribution in [0.1, 0.15) is 63.0 Å². The minimum absolute atomic E-state index is 0.645. The van der Waals surface area contributed by atoms with Crippen molar-refractivity contribution in [2.75, 3.05) is 0 Å². The molecule has 17 heavy (non-hydrogen) atoms. The molecule has 0 spiro atoms. The molecule has 1 saturated carbocycles. The fourth-order valence-corrected chi connectivity index (χ4v) is 3.79. The summed E-state index contributed by atoms with van der Waals surface area (Å²) in [6.45, 7) is 4.52. The van der Waals surface area contributed by atoms with Crippen LogP contribution in [-0.2, 0) is 24.2 Å². The van der Waals surface area contributed by atoms with Crippen LogP contribution in [0.5, 0.6) is 0 Å². The third-order valence-electron chi connectivity index (χ3n) is 3.90. The van der Waals surface area contributed by atoms with Gasteiger partial charge in [0.25, 0.3) is 0 Å². The van der Waals surface area contributed by atoms with E-state index in [1.807, 2.05) is 0 Å². The van der Waals surface area contributed by atoms with E-state index in [4.69, 9.17) is 0 Å². The van der Waals surface area contributed by atoms with Crippen LogP contribution in [0, 0.1) is 5.92 Å². The second-order valence-electron chi connectivity index (χ2n) is 5.53. The zero-order valence-electron chi connectivity index (χ0n) is 11.0. The topological polar surface area (TPSA) is 0 Å². The summed E-state index contributed by atoms with van der Waals surface area (Å²) in [6, 6.07) is 9.31. The maximum atomic E-state index is 2.34. The van der Waals surface area contributed by atoms with Crippen LogP contribution in [-0.4, -0.2) is 3.21 Å². The molecule has 1 fully saturated rings. The van der Waals surface area contributed by atoms with Crippen molar-refractivity contribution < 1.29 is 24.2 Å². The van der Waals surface area contributed by atoms with Gasteiger partial charge in [0.2, 0.25) is 0 Å². The Balaban J connectivity index is 2.08. The molecule has 90 valence electrons. The minimum atomic E-state index is 0.645. The first kappa shape index (κ1) is 13.4. The molecule has 1 aliphatic rings. The van der Waals surface area contributed by atoms with Gasteiger partial charge in [-0.25, -0.2) is 0 Å². The average Bonchev–Trinajstić information content (AvgIpc) is 2.39. The van der Waals surface area contributed by atoms with Crippen LogP contribution in [0.25, 0.3) is 0 Å². The van der Waals surface area contributed by atoms with Crippen LogP contribution in [0.15, 0.2) is 24.3 Å². The van der Waals surface area contributed by atoms with Gasteiger partial charge < -0.3 is 0 Å². The first-order valence-corrected chi connectivity index (χ1v) is 8.10. The van der Waals surface area contributed by atoms with Crippen molar-refractivity contribution in [1.29, 1.82) is 0 Å². The number of benzene rings is 1. The zero-order valence-corrected chi connectivity index (χ0v) is 13.5. The van der Waals surface area contributed by atoms with E-state index in [1.54, 1.807) is 27.4 Å². The molecular formula is C16H22Zr. The van der Waals surface area contributed by atoms with E-state index >= 15 is 0 Å². The van der Waals surface area contributed by atoms with Crippen molar-refractivity contribution in [2.45, 2.75) is 51.9 Å². The number of hydrogen-bond acceptors (Lipinski definition) is 0. The summed E-state index contributed by atoms with van der Waals surface area (Å²) in [7, 11) is 0. The summed E-state index contributed by atoms with van der Waals surface area (Å²) in [5.74, 6) is 1.53. The van der Waals surface area contributed by atoms with E-state index in [0.29, 0.717) is 5.92 Å². The summed E-state index contributed by atoms with van der Waals surface area (Å²) in [4.78, 5) is 0. The van der Waals surface area contributed by atoms with Gasteiger partial charge in [0.15, 0.2) is 0 Å². The van der Waals surface area contributed by atoms with Crippen molar-refractivity contribution in [3.8, 4) is 0 Å². The van der Waals surface area contributed by atoms with Crippen LogP contribution < -0.4 is 0 Å². The molecule has 1 heteroatoms. The van der Waals surface area contributed by atoms with Crippen LogP contribution in [0.3, 0.4) is 0 Å². The molecule has 0 atom stereocenters. The Labute approximate surface area is 120 Å². The molecule has 0 unspecified atom stereocenters. The van der Waals surface area contributed by atoms with Crippen LogP contribution >= 0.6 is 0 Å². The molecule has 2 rings (SSSR count). The molecule has 0 bridgehead atoms. The van der Waals surface area contributed by atoms with E-state index in [1.165, 1.54) is 43.2 Å². The molecule has 1 aromatic rings. The molecule has 0 radical (unpaired) electrons. The summed E-state index contributed by atoms with van der Waals surface area (Å²) in [5, 5.41) is 0. The first-order chi connectivity index (χ1) is 8.18. The Bertz CT molecular complexity index is 369. The third kappa shape index (κ3) is 3.47. The van der Waals surface area contributed by atoms with E-state index in [-0.39, 0.29) is 0 Å². The average molecular weight is 306 g/mol. The Hall–Kier alpha value is -0.0269. The van der Waals surface area contributed by atoms with Gasteiger partial charge in [-0.1, -0.05) is 0 Å². The second-order valence-corrected chi connectivity index (χ2v) is 6.85. The monoisotopic (exact) mass is 304 g/mol. The fraction of sp³-hybridized carbons (Fsp3) is 0.562. The van der Waals surface area contributed by atoms with Gasteiger partial charge in [0.05, 0.1) is 0 Å². The van der Waals surface area contributed by atoms with Gasteiger partial charge in [-0.05, 0) is 0 Å². The molecule has 0 N–H and O–H groups in total. The van der Waals surface area contributed by atoms with E-state index in [0.717, 1.165) is 5.92 Å². The predicted molar refractivity (Wildman–Crippen MR) is 71.2 cm³/mol. The molecule has 0 amide bonds. The first-order valence-electron chi connectivity index (χ1n) is 6.87.